The van der Waals surface area contributed by atoms with Gasteiger partial charge in [0.2, 0.25) is 10.0 Å². The molecule has 0 bridgehead atoms. The lowest BCUT2D eigenvalue weighted by molar-refractivity contribution is -0.0778. The Balaban J connectivity index is 2.00. The molecule has 1 aliphatic heterocycles. The van der Waals surface area contributed by atoms with Crippen molar-refractivity contribution in [2.45, 2.75) is 49.6 Å². The molecule has 2 aromatic rings. The van der Waals surface area contributed by atoms with Gasteiger partial charge in [-0.15, -0.1) is 11.8 Å². The molecule has 2 atom stereocenters. The summed E-state index contributed by atoms with van der Waals surface area (Å²) in [6, 6.07) is 13.0. The molecule has 0 aromatic heterocycles. The van der Waals surface area contributed by atoms with Gasteiger partial charge >= 0.3 is 0 Å². The summed E-state index contributed by atoms with van der Waals surface area (Å²) in [6.07, 6.45) is 1.44. The normalized spacial score (nSPS) is 22.4. The Kier molecular flexibility index (Phi) is 7.77. The molecule has 2 aromatic carbocycles. The molecular formula is C23H31ClN2O3S2. The maximum absolute atomic E-state index is 13.4. The van der Waals surface area contributed by atoms with Gasteiger partial charge in [-0.1, -0.05) is 55.8 Å². The molecule has 1 heterocycles. The fraction of sp³-hybridized carbons (Fsp3) is 0.478. The predicted molar refractivity (Wildman–Crippen MR) is 129 cm³/mol. The summed E-state index contributed by atoms with van der Waals surface area (Å²) < 4.78 is 28.2. The van der Waals surface area contributed by atoms with Gasteiger partial charge in [-0.2, -0.15) is 4.31 Å². The second-order valence-corrected chi connectivity index (χ2v) is 11.4. The van der Waals surface area contributed by atoms with Gasteiger partial charge in [0.1, 0.15) is 4.90 Å². The zero-order chi connectivity index (χ0) is 22.8. The molecule has 3 rings (SSSR count). The molecular weight excluding hydrogens is 452 g/mol. The van der Waals surface area contributed by atoms with E-state index < -0.39 is 15.7 Å². The summed E-state index contributed by atoms with van der Waals surface area (Å²) in [4.78, 5) is 1.97. The van der Waals surface area contributed by atoms with E-state index in [1.54, 1.807) is 30.0 Å². The molecule has 170 valence electrons. The van der Waals surface area contributed by atoms with Crippen LogP contribution < -0.4 is 0 Å². The van der Waals surface area contributed by atoms with Gasteiger partial charge in [-0.25, -0.2) is 8.42 Å². The maximum Gasteiger partial charge on any atom is 0.244 e. The third kappa shape index (κ3) is 4.68. The zero-order valence-corrected chi connectivity index (χ0v) is 20.9. The Bertz CT molecular complexity index is 1030. The fourth-order valence-electron chi connectivity index (χ4n) is 3.99. The number of halogens is 1. The highest BCUT2D eigenvalue weighted by molar-refractivity contribution is 7.99. The third-order valence-corrected chi connectivity index (χ3v) is 9.62. The second kappa shape index (κ2) is 9.81. The quantitative estimate of drug-likeness (QED) is 0.574. The van der Waals surface area contributed by atoms with Gasteiger partial charge in [-0.3, -0.25) is 4.90 Å². The minimum atomic E-state index is -3.76. The average Bonchev–Trinajstić information content (AvgIpc) is 3.04. The lowest BCUT2D eigenvalue weighted by Crippen LogP contribution is -2.41. The Morgan fingerprint density at radius 3 is 2.45 bits per heavy atom. The van der Waals surface area contributed by atoms with E-state index >= 15 is 0 Å². The maximum atomic E-state index is 13.4. The van der Waals surface area contributed by atoms with E-state index in [-0.39, 0.29) is 15.3 Å². The summed E-state index contributed by atoms with van der Waals surface area (Å²) in [5.74, 6) is 0.428. The van der Waals surface area contributed by atoms with Crippen LogP contribution in [0.4, 0.5) is 0 Å². The molecule has 1 fully saturated rings. The highest BCUT2D eigenvalue weighted by atomic mass is 35.5. The molecule has 0 amide bonds. The van der Waals surface area contributed by atoms with Gasteiger partial charge < -0.3 is 5.11 Å². The van der Waals surface area contributed by atoms with Crippen LogP contribution >= 0.6 is 23.4 Å². The van der Waals surface area contributed by atoms with Crippen molar-refractivity contribution in [3.63, 3.8) is 0 Å². The van der Waals surface area contributed by atoms with Crippen LogP contribution in [0.3, 0.4) is 0 Å². The van der Waals surface area contributed by atoms with Crippen molar-refractivity contribution in [2.24, 2.45) is 0 Å². The Morgan fingerprint density at radius 1 is 1.19 bits per heavy atom. The molecule has 1 saturated heterocycles. The number of sulfonamides is 1. The summed E-state index contributed by atoms with van der Waals surface area (Å²) in [7, 11) is -1.88. The van der Waals surface area contributed by atoms with Crippen molar-refractivity contribution in [3.05, 3.63) is 64.2 Å². The summed E-state index contributed by atoms with van der Waals surface area (Å²) >= 11 is 8.00. The SMILES string of the molecule is CCCN(CCC)S(=O)(=O)c1cc(C2(O)CSC(c3ccccc3C)N2C)ccc1Cl. The second-order valence-electron chi connectivity index (χ2n) is 8.00. The van der Waals surface area contributed by atoms with Crippen LogP contribution in [0.15, 0.2) is 47.4 Å². The minimum absolute atomic E-state index is 0.0291. The van der Waals surface area contributed by atoms with Gasteiger partial charge in [0.05, 0.1) is 10.4 Å². The highest BCUT2D eigenvalue weighted by Gasteiger charge is 2.46. The first-order chi connectivity index (χ1) is 14.7. The largest absolute Gasteiger partial charge is 0.370 e. The number of nitrogens with zero attached hydrogens (tertiary/aromatic N) is 2. The molecule has 2 unspecified atom stereocenters. The number of hydrogen-bond donors (Lipinski definition) is 1. The molecule has 0 spiro atoms. The number of hydrogen-bond acceptors (Lipinski definition) is 5. The van der Waals surface area contributed by atoms with E-state index in [1.807, 2.05) is 37.9 Å². The van der Waals surface area contributed by atoms with Crippen molar-refractivity contribution < 1.29 is 13.5 Å². The summed E-state index contributed by atoms with van der Waals surface area (Å²) in [5.41, 5.74) is 1.54. The molecule has 5 nitrogen and oxygen atoms in total. The molecule has 0 aliphatic carbocycles. The van der Waals surface area contributed by atoms with Crippen molar-refractivity contribution in [1.82, 2.24) is 9.21 Å². The van der Waals surface area contributed by atoms with Crippen LogP contribution in [0.5, 0.6) is 0 Å². The van der Waals surface area contributed by atoms with Crippen LogP contribution in [0.25, 0.3) is 0 Å². The number of rotatable bonds is 8. The third-order valence-electron chi connectivity index (χ3n) is 5.79. The van der Waals surface area contributed by atoms with Gasteiger partial charge in [0.15, 0.2) is 5.72 Å². The lowest BCUT2D eigenvalue weighted by Gasteiger charge is -2.34. The molecule has 8 heteroatoms. The van der Waals surface area contributed by atoms with Crippen molar-refractivity contribution >= 4 is 33.4 Å². The first-order valence-corrected chi connectivity index (χ1v) is 13.5. The summed E-state index contributed by atoms with van der Waals surface area (Å²) in [6.45, 7) is 6.84. The van der Waals surface area contributed by atoms with Crippen LogP contribution in [-0.2, 0) is 15.7 Å². The van der Waals surface area contributed by atoms with E-state index in [1.165, 1.54) is 4.31 Å². The van der Waals surface area contributed by atoms with Crippen LogP contribution in [0.2, 0.25) is 5.02 Å². The number of aliphatic hydroxyl groups is 1. The smallest absolute Gasteiger partial charge is 0.244 e. The van der Waals surface area contributed by atoms with Crippen molar-refractivity contribution in [1.29, 1.82) is 0 Å². The molecule has 1 N–H and O–H groups in total. The summed E-state index contributed by atoms with van der Waals surface area (Å²) in [5, 5.41) is 11.8. The van der Waals surface area contributed by atoms with Crippen LogP contribution in [-0.4, -0.2) is 48.6 Å². The van der Waals surface area contributed by atoms with E-state index in [0.717, 1.165) is 24.0 Å². The van der Waals surface area contributed by atoms with Gasteiger partial charge in [-0.05, 0) is 50.1 Å². The highest BCUT2D eigenvalue weighted by Crippen LogP contribution is 2.49. The Hall–Kier alpha value is -1.09. The average molecular weight is 483 g/mol. The van der Waals surface area contributed by atoms with Gasteiger partial charge in [0.25, 0.3) is 0 Å². The lowest BCUT2D eigenvalue weighted by atomic mass is 10.0. The monoisotopic (exact) mass is 482 g/mol. The van der Waals surface area contributed by atoms with Crippen LogP contribution in [0.1, 0.15) is 48.8 Å². The zero-order valence-electron chi connectivity index (χ0n) is 18.5. The van der Waals surface area contributed by atoms with Crippen molar-refractivity contribution in [3.8, 4) is 0 Å². The topological polar surface area (TPSA) is 60.9 Å². The molecule has 0 saturated carbocycles. The number of benzene rings is 2. The predicted octanol–water partition coefficient (Wildman–Crippen LogP) is 4.98. The molecule has 0 radical (unpaired) electrons. The fourth-order valence-corrected chi connectivity index (χ4v) is 7.72. The minimum Gasteiger partial charge on any atom is -0.370 e. The van der Waals surface area contributed by atoms with Gasteiger partial charge in [0, 0.05) is 24.4 Å². The molecule has 31 heavy (non-hydrogen) atoms. The molecule has 1 aliphatic rings. The van der Waals surface area contributed by atoms with E-state index in [4.69, 9.17) is 11.6 Å². The first-order valence-electron chi connectivity index (χ1n) is 10.6. The number of thioether (sulfide) groups is 1. The van der Waals surface area contributed by atoms with Crippen molar-refractivity contribution in [2.75, 3.05) is 25.9 Å². The first kappa shape index (κ1) is 24.6. The van der Waals surface area contributed by atoms with E-state index in [9.17, 15) is 13.5 Å². The van der Waals surface area contributed by atoms with E-state index in [2.05, 4.69) is 19.1 Å². The Morgan fingerprint density at radius 2 is 1.84 bits per heavy atom. The standard InChI is InChI=1S/C23H31ClN2O3S2/c1-5-13-26(14-6-2)31(28,29)21-15-18(11-12-20(21)24)23(27)16-30-22(25(23)4)19-10-8-7-9-17(19)3/h7-12,15,22,27H,5-6,13-14,16H2,1-4H3. The number of aryl methyl sites for hydroxylation is 1. The van der Waals surface area contributed by atoms with Crippen LogP contribution in [0, 0.1) is 6.92 Å². The van der Waals surface area contributed by atoms with E-state index in [0.29, 0.717) is 24.4 Å². The Labute approximate surface area is 195 Å².